The molecule has 3 amide bonds. The lowest BCUT2D eigenvalue weighted by Gasteiger charge is -2.27. The number of rotatable bonds is 7. The second-order valence-electron chi connectivity index (χ2n) is 9.85. The number of carbonyl (C=O) groups is 3. The van der Waals surface area contributed by atoms with Gasteiger partial charge in [0.25, 0.3) is 0 Å². The van der Waals surface area contributed by atoms with Gasteiger partial charge in [0, 0.05) is 49.6 Å². The summed E-state index contributed by atoms with van der Waals surface area (Å²) in [6, 6.07) is 11.1. The number of aromatic nitrogens is 1. The van der Waals surface area contributed by atoms with Crippen molar-refractivity contribution < 1.29 is 24.2 Å². The monoisotopic (exact) mass is 504 g/mol. The summed E-state index contributed by atoms with van der Waals surface area (Å²) >= 11 is 0. The van der Waals surface area contributed by atoms with Gasteiger partial charge >= 0.3 is 0 Å². The molecule has 3 heterocycles. The Kier molecular flexibility index (Phi) is 7.25. The van der Waals surface area contributed by atoms with Crippen molar-refractivity contribution in [1.29, 1.82) is 0 Å². The Hall–Kier alpha value is -3.69. The Labute approximate surface area is 215 Å². The number of fused-ring (bicyclic) bond motifs is 1. The number of imide groups is 1. The van der Waals surface area contributed by atoms with E-state index in [1.165, 1.54) is 15.7 Å². The zero-order chi connectivity index (χ0) is 25.9. The van der Waals surface area contributed by atoms with Crippen LogP contribution in [0.15, 0.2) is 42.6 Å². The SMILES string of the molecule is Cc1ccc(CC(=O)NCc2ccc3c(O)n(C4CCC(=O)NC4=O)cc3c2)cc1CN1CCOCC1. The first-order valence-electron chi connectivity index (χ1n) is 12.7. The van der Waals surface area contributed by atoms with Crippen LogP contribution in [0, 0.1) is 6.92 Å². The fourth-order valence-electron chi connectivity index (χ4n) is 5.02. The molecule has 0 saturated carbocycles. The third-order valence-electron chi connectivity index (χ3n) is 7.19. The number of piperidine rings is 1. The molecule has 0 bridgehead atoms. The highest BCUT2D eigenvalue weighted by Crippen LogP contribution is 2.33. The van der Waals surface area contributed by atoms with Crippen molar-refractivity contribution >= 4 is 28.5 Å². The predicted molar refractivity (Wildman–Crippen MR) is 138 cm³/mol. The molecule has 2 fully saturated rings. The molecule has 2 aliphatic rings. The topological polar surface area (TPSA) is 113 Å². The third-order valence-corrected chi connectivity index (χ3v) is 7.19. The van der Waals surface area contributed by atoms with E-state index in [1.54, 1.807) is 12.3 Å². The fraction of sp³-hybridized carbons (Fsp3) is 0.393. The number of hydrogen-bond acceptors (Lipinski definition) is 6. The van der Waals surface area contributed by atoms with E-state index in [0.717, 1.165) is 49.4 Å². The standard InChI is InChI=1S/C28H32N4O5/c1-18-2-3-19(12-21(18)16-31-8-10-37-11-9-31)14-26(34)29-15-20-4-5-23-22(13-20)17-32(28(23)36)24-6-7-25(33)30-27(24)35/h2-5,12-13,17,24,36H,6-11,14-16H2,1H3,(H,29,34)(H,30,33,35). The number of amides is 3. The number of carbonyl (C=O) groups excluding carboxylic acids is 3. The van der Waals surface area contributed by atoms with E-state index in [-0.39, 0.29) is 24.1 Å². The lowest BCUT2D eigenvalue weighted by molar-refractivity contribution is -0.135. The molecule has 3 N–H and O–H groups in total. The van der Waals surface area contributed by atoms with E-state index < -0.39 is 11.9 Å². The summed E-state index contributed by atoms with van der Waals surface area (Å²) in [5, 5.41) is 17.4. The zero-order valence-corrected chi connectivity index (χ0v) is 21.0. The van der Waals surface area contributed by atoms with Gasteiger partial charge in [-0.05, 0) is 47.7 Å². The molecule has 5 rings (SSSR count). The van der Waals surface area contributed by atoms with Gasteiger partial charge in [-0.2, -0.15) is 0 Å². The quantitative estimate of drug-likeness (QED) is 0.426. The van der Waals surface area contributed by atoms with Crippen molar-refractivity contribution in [2.24, 2.45) is 0 Å². The molecule has 1 atom stereocenters. The Morgan fingerprint density at radius 1 is 1.14 bits per heavy atom. The molecule has 1 aromatic heterocycles. The summed E-state index contributed by atoms with van der Waals surface area (Å²) in [7, 11) is 0. The Balaban J connectivity index is 1.21. The molecule has 0 radical (unpaired) electrons. The highest BCUT2D eigenvalue weighted by atomic mass is 16.5. The number of nitrogens with one attached hydrogen (secondary N) is 2. The summed E-state index contributed by atoms with van der Waals surface area (Å²) in [4.78, 5) is 38.8. The van der Waals surface area contributed by atoms with Crippen molar-refractivity contribution in [3.63, 3.8) is 0 Å². The first-order valence-corrected chi connectivity index (χ1v) is 12.7. The van der Waals surface area contributed by atoms with Gasteiger partial charge in [-0.1, -0.05) is 24.3 Å². The van der Waals surface area contributed by atoms with Gasteiger partial charge in [-0.25, -0.2) is 0 Å². The van der Waals surface area contributed by atoms with Crippen LogP contribution < -0.4 is 10.6 Å². The first kappa shape index (κ1) is 25.0. The predicted octanol–water partition coefficient (Wildman–Crippen LogP) is 2.32. The van der Waals surface area contributed by atoms with E-state index in [2.05, 4.69) is 34.6 Å². The lowest BCUT2D eigenvalue weighted by atomic mass is 10.0. The van der Waals surface area contributed by atoms with Gasteiger partial charge in [-0.3, -0.25) is 24.6 Å². The minimum absolute atomic E-state index is 0.00709. The van der Waals surface area contributed by atoms with E-state index in [4.69, 9.17) is 4.74 Å². The number of hydrogen-bond donors (Lipinski definition) is 3. The van der Waals surface area contributed by atoms with Crippen LogP contribution in [0.25, 0.3) is 10.8 Å². The molecular weight excluding hydrogens is 472 g/mol. The molecule has 2 saturated heterocycles. The van der Waals surface area contributed by atoms with Crippen LogP contribution in [0.3, 0.4) is 0 Å². The number of morpholine rings is 1. The van der Waals surface area contributed by atoms with Gasteiger partial charge in [0.2, 0.25) is 17.7 Å². The molecule has 9 nitrogen and oxygen atoms in total. The van der Waals surface area contributed by atoms with Crippen LogP contribution in [0.5, 0.6) is 5.88 Å². The molecule has 9 heteroatoms. The third kappa shape index (κ3) is 5.68. The van der Waals surface area contributed by atoms with Gasteiger partial charge in [-0.15, -0.1) is 0 Å². The van der Waals surface area contributed by atoms with Crippen molar-refractivity contribution in [2.45, 2.75) is 45.3 Å². The smallest absolute Gasteiger partial charge is 0.249 e. The first-order chi connectivity index (χ1) is 17.9. The minimum Gasteiger partial charge on any atom is -0.494 e. The summed E-state index contributed by atoms with van der Waals surface area (Å²) in [5.74, 6) is -0.782. The minimum atomic E-state index is -0.629. The Bertz CT molecular complexity index is 1340. The second kappa shape index (κ2) is 10.7. The molecule has 2 aromatic carbocycles. The molecule has 37 heavy (non-hydrogen) atoms. The number of aryl methyl sites for hydroxylation is 1. The van der Waals surface area contributed by atoms with Gasteiger partial charge < -0.3 is 19.7 Å². The molecular formula is C28H32N4O5. The fourth-order valence-corrected chi connectivity index (χ4v) is 5.02. The molecule has 0 spiro atoms. The van der Waals surface area contributed by atoms with E-state index in [1.807, 2.05) is 18.2 Å². The molecule has 2 aliphatic heterocycles. The van der Waals surface area contributed by atoms with Crippen molar-refractivity contribution in [3.8, 4) is 5.88 Å². The van der Waals surface area contributed by atoms with Crippen LogP contribution in [0.4, 0.5) is 0 Å². The van der Waals surface area contributed by atoms with Gasteiger partial charge in [0.1, 0.15) is 6.04 Å². The second-order valence-corrected chi connectivity index (χ2v) is 9.85. The highest BCUT2D eigenvalue weighted by molar-refractivity contribution is 6.00. The van der Waals surface area contributed by atoms with E-state index >= 15 is 0 Å². The largest absolute Gasteiger partial charge is 0.494 e. The maximum atomic E-state index is 12.7. The Morgan fingerprint density at radius 2 is 1.92 bits per heavy atom. The molecule has 1 unspecified atom stereocenters. The maximum Gasteiger partial charge on any atom is 0.249 e. The van der Waals surface area contributed by atoms with Crippen LogP contribution in [0.1, 0.15) is 41.1 Å². The van der Waals surface area contributed by atoms with Crippen molar-refractivity contribution in [2.75, 3.05) is 26.3 Å². The normalized spacial score (nSPS) is 18.7. The van der Waals surface area contributed by atoms with E-state index in [0.29, 0.717) is 24.8 Å². The van der Waals surface area contributed by atoms with Crippen LogP contribution in [-0.4, -0.2) is 58.6 Å². The summed E-state index contributed by atoms with van der Waals surface area (Å²) < 4.78 is 6.95. The number of ether oxygens (including phenoxy) is 1. The van der Waals surface area contributed by atoms with Crippen LogP contribution in [-0.2, 0) is 38.6 Å². The summed E-state index contributed by atoms with van der Waals surface area (Å²) in [6.07, 6.45) is 2.59. The lowest BCUT2D eigenvalue weighted by Crippen LogP contribution is -2.41. The maximum absolute atomic E-state index is 12.7. The number of benzene rings is 2. The molecule has 0 aliphatic carbocycles. The average Bonchev–Trinajstić information content (AvgIpc) is 3.21. The highest BCUT2D eigenvalue weighted by Gasteiger charge is 2.30. The van der Waals surface area contributed by atoms with Gasteiger partial charge in [0.15, 0.2) is 5.88 Å². The molecule has 3 aromatic rings. The van der Waals surface area contributed by atoms with E-state index in [9.17, 15) is 19.5 Å². The van der Waals surface area contributed by atoms with Gasteiger partial charge in [0.05, 0.1) is 19.6 Å². The van der Waals surface area contributed by atoms with Crippen LogP contribution in [0.2, 0.25) is 0 Å². The Morgan fingerprint density at radius 3 is 2.70 bits per heavy atom. The summed E-state index contributed by atoms with van der Waals surface area (Å²) in [6.45, 7) is 6.66. The van der Waals surface area contributed by atoms with Crippen molar-refractivity contribution in [1.82, 2.24) is 20.1 Å². The van der Waals surface area contributed by atoms with Crippen LogP contribution >= 0.6 is 0 Å². The van der Waals surface area contributed by atoms with Crippen molar-refractivity contribution in [3.05, 3.63) is 64.8 Å². The number of nitrogens with zero attached hydrogens (tertiary/aromatic N) is 2. The average molecular weight is 505 g/mol. The molecule has 194 valence electrons. The summed E-state index contributed by atoms with van der Waals surface area (Å²) in [5.41, 5.74) is 4.32. The number of aromatic hydroxyl groups is 1. The zero-order valence-electron chi connectivity index (χ0n) is 21.0.